The summed E-state index contributed by atoms with van der Waals surface area (Å²) in [6.07, 6.45) is 3.02. The van der Waals surface area contributed by atoms with Gasteiger partial charge in [0.25, 0.3) is 5.91 Å². The van der Waals surface area contributed by atoms with E-state index in [0.29, 0.717) is 30.0 Å². The van der Waals surface area contributed by atoms with Crippen LogP contribution in [0.15, 0.2) is 42.5 Å². The maximum Gasteiger partial charge on any atom is 0.255 e. The molecule has 31 heavy (non-hydrogen) atoms. The molecule has 0 spiro atoms. The summed E-state index contributed by atoms with van der Waals surface area (Å²) in [6, 6.07) is 11.1. The van der Waals surface area contributed by atoms with E-state index in [4.69, 9.17) is 0 Å². The molecule has 1 heterocycles. The Morgan fingerprint density at radius 1 is 1.03 bits per heavy atom. The second kappa shape index (κ2) is 9.09. The lowest BCUT2D eigenvalue weighted by atomic mass is 10.1. The first kappa shape index (κ1) is 22.8. The van der Waals surface area contributed by atoms with Crippen LogP contribution in [0.4, 0.5) is 11.4 Å². The van der Waals surface area contributed by atoms with Gasteiger partial charge in [-0.3, -0.25) is 13.9 Å². The number of nitrogens with zero attached hydrogens (tertiary/aromatic N) is 2. The van der Waals surface area contributed by atoms with Gasteiger partial charge in [-0.25, -0.2) is 8.42 Å². The van der Waals surface area contributed by atoms with E-state index >= 15 is 0 Å². The standard InChI is InChI=1S/C23H29N3O4S/c1-16-11-12-19(15-17(16)2)26(31(4,29)30)18(3)22(27)24-21-10-6-5-9-20(21)23(28)25-13-7-8-14-25/h5-6,9-12,15,18H,7-8,13-14H2,1-4H3,(H,24,27)/t18-/m0/s1. The minimum Gasteiger partial charge on any atom is -0.339 e. The summed E-state index contributed by atoms with van der Waals surface area (Å²) in [5, 5.41) is 2.77. The molecular weight excluding hydrogens is 414 g/mol. The first-order chi connectivity index (χ1) is 14.6. The van der Waals surface area contributed by atoms with Gasteiger partial charge in [-0.05, 0) is 69.0 Å². The van der Waals surface area contributed by atoms with E-state index in [9.17, 15) is 18.0 Å². The minimum atomic E-state index is -3.73. The van der Waals surface area contributed by atoms with E-state index in [1.807, 2.05) is 19.9 Å². The molecule has 0 bridgehead atoms. The monoisotopic (exact) mass is 443 g/mol. The van der Waals surface area contributed by atoms with Crippen molar-refractivity contribution >= 4 is 33.2 Å². The smallest absolute Gasteiger partial charge is 0.255 e. The summed E-state index contributed by atoms with van der Waals surface area (Å²) in [7, 11) is -3.73. The molecule has 1 fully saturated rings. The number of carbonyl (C=O) groups is 2. The van der Waals surface area contributed by atoms with Gasteiger partial charge in [-0.15, -0.1) is 0 Å². The average molecular weight is 444 g/mol. The number of hydrogen-bond acceptors (Lipinski definition) is 4. The fraction of sp³-hybridized carbons (Fsp3) is 0.391. The highest BCUT2D eigenvalue weighted by Gasteiger charge is 2.30. The van der Waals surface area contributed by atoms with E-state index in [1.165, 1.54) is 6.92 Å². The van der Waals surface area contributed by atoms with Gasteiger partial charge in [-0.2, -0.15) is 0 Å². The maximum absolute atomic E-state index is 13.1. The van der Waals surface area contributed by atoms with Crippen LogP contribution in [0, 0.1) is 13.8 Å². The van der Waals surface area contributed by atoms with E-state index in [2.05, 4.69) is 5.32 Å². The molecule has 8 heteroatoms. The van der Waals surface area contributed by atoms with E-state index in [1.54, 1.807) is 41.3 Å². The predicted molar refractivity (Wildman–Crippen MR) is 123 cm³/mol. The first-order valence-electron chi connectivity index (χ1n) is 10.4. The van der Waals surface area contributed by atoms with E-state index < -0.39 is 22.0 Å². The molecule has 1 saturated heterocycles. The normalized spacial score (nSPS) is 14.9. The van der Waals surface area contributed by atoms with Crippen LogP contribution >= 0.6 is 0 Å². The average Bonchev–Trinajstić information content (AvgIpc) is 3.24. The zero-order valence-electron chi connectivity index (χ0n) is 18.4. The Bertz CT molecular complexity index is 1090. The summed E-state index contributed by atoms with van der Waals surface area (Å²) in [6.45, 7) is 6.77. The van der Waals surface area contributed by atoms with E-state index in [-0.39, 0.29) is 5.91 Å². The Morgan fingerprint density at radius 2 is 1.68 bits per heavy atom. The largest absolute Gasteiger partial charge is 0.339 e. The number of sulfonamides is 1. The number of anilines is 2. The molecule has 3 rings (SSSR count). The first-order valence-corrected chi connectivity index (χ1v) is 12.2. The van der Waals surface area contributed by atoms with Crippen LogP contribution in [0.3, 0.4) is 0 Å². The van der Waals surface area contributed by atoms with Crippen LogP contribution in [0.2, 0.25) is 0 Å². The Labute approximate surface area is 184 Å². The van der Waals surface area contributed by atoms with Gasteiger partial charge < -0.3 is 10.2 Å². The number of amides is 2. The lowest BCUT2D eigenvalue weighted by molar-refractivity contribution is -0.116. The molecule has 7 nitrogen and oxygen atoms in total. The number of carbonyl (C=O) groups excluding carboxylic acids is 2. The Hall–Kier alpha value is -2.87. The van der Waals surface area contributed by atoms with E-state index in [0.717, 1.165) is 34.5 Å². The number of benzene rings is 2. The van der Waals surface area contributed by atoms with Gasteiger partial charge in [0.2, 0.25) is 15.9 Å². The summed E-state index contributed by atoms with van der Waals surface area (Å²) >= 11 is 0. The molecule has 0 aromatic heterocycles. The highest BCUT2D eigenvalue weighted by Crippen LogP contribution is 2.25. The zero-order valence-corrected chi connectivity index (χ0v) is 19.2. The number of nitrogens with one attached hydrogen (secondary N) is 1. The van der Waals surface area contributed by atoms with Crippen LogP contribution in [-0.2, 0) is 14.8 Å². The molecule has 1 aliphatic heterocycles. The number of hydrogen-bond donors (Lipinski definition) is 1. The van der Waals surface area contributed by atoms with Crippen molar-refractivity contribution in [2.45, 2.75) is 39.7 Å². The third kappa shape index (κ3) is 5.07. The van der Waals surface area contributed by atoms with Crippen molar-refractivity contribution in [2.24, 2.45) is 0 Å². The van der Waals surface area contributed by atoms with Gasteiger partial charge >= 0.3 is 0 Å². The number of rotatable bonds is 6. The van der Waals surface area contributed by atoms with Crippen molar-refractivity contribution in [2.75, 3.05) is 29.0 Å². The number of para-hydroxylation sites is 1. The fourth-order valence-corrected chi connectivity index (χ4v) is 4.94. The van der Waals surface area contributed by atoms with Gasteiger partial charge in [0, 0.05) is 13.1 Å². The summed E-state index contributed by atoms with van der Waals surface area (Å²) in [5.41, 5.74) is 3.17. The lowest BCUT2D eigenvalue weighted by Crippen LogP contribution is -2.45. The van der Waals surface area contributed by atoms with Crippen LogP contribution in [0.5, 0.6) is 0 Å². The van der Waals surface area contributed by atoms with Crippen molar-refractivity contribution in [3.05, 3.63) is 59.2 Å². The Morgan fingerprint density at radius 3 is 2.29 bits per heavy atom. The Balaban J connectivity index is 1.88. The molecule has 166 valence electrons. The highest BCUT2D eigenvalue weighted by molar-refractivity contribution is 7.92. The topological polar surface area (TPSA) is 86.8 Å². The second-order valence-electron chi connectivity index (χ2n) is 8.04. The van der Waals surface area contributed by atoms with Crippen molar-refractivity contribution < 1.29 is 18.0 Å². The molecule has 2 amide bonds. The number of aryl methyl sites for hydroxylation is 2. The predicted octanol–water partition coefficient (Wildman–Crippen LogP) is 3.33. The highest BCUT2D eigenvalue weighted by atomic mass is 32.2. The van der Waals surface area contributed by atoms with Crippen molar-refractivity contribution in [1.29, 1.82) is 0 Å². The third-order valence-electron chi connectivity index (χ3n) is 5.64. The van der Waals surface area contributed by atoms with Crippen molar-refractivity contribution in [3.8, 4) is 0 Å². The third-order valence-corrected chi connectivity index (χ3v) is 6.88. The van der Waals surface area contributed by atoms with Gasteiger partial charge in [-0.1, -0.05) is 18.2 Å². The molecule has 1 N–H and O–H groups in total. The molecule has 0 saturated carbocycles. The van der Waals surface area contributed by atoms with Crippen LogP contribution in [0.1, 0.15) is 41.3 Å². The SMILES string of the molecule is Cc1ccc(N([C@@H](C)C(=O)Nc2ccccc2C(=O)N2CCCC2)S(C)(=O)=O)cc1C. The molecule has 2 aromatic rings. The lowest BCUT2D eigenvalue weighted by Gasteiger charge is -2.29. The van der Waals surface area contributed by atoms with Crippen LogP contribution in [0.25, 0.3) is 0 Å². The fourth-order valence-electron chi connectivity index (χ4n) is 3.78. The summed E-state index contributed by atoms with van der Waals surface area (Å²) in [5.74, 6) is -0.638. The molecule has 2 aromatic carbocycles. The quantitative estimate of drug-likeness (QED) is 0.742. The van der Waals surface area contributed by atoms with Crippen LogP contribution < -0.4 is 9.62 Å². The minimum absolute atomic E-state index is 0.129. The summed E-state index contributed by atoms with van der Waals surface area (Å²) in [4.78, 5) is 27.7. The molecule has 1 atom stereocenters. The molecule has 1 aliphatic rings. The maximum atomic E-state index is 13.1. The molecule has 0 radical (unpaired) electrons. The number of likely N-dealkylation sites (tertiary alicyclic amines) is 1. The van der Waals surface area contributed by atoms with Gasteiger partial charge in [0.1, 0.15) is 6.04 Å². The van der Waals surface area contributed by atoms with Crippen molar-refractivity contribution in [1.82, 2.24) is 4.90 Å². The van der Waals surface area contributed by atoms with Gasteiger partial charge in [0.05, 0.1) is 23.2 Å². The van der Waals surface area contributed by atoms with Gasteiger partial charge in [0.15, 0.2) is 0 Å². The molecule has 0 unspecified atom stereocenters. The van der Waals surface area contributed by atoms with Crippen LogP contribution in [-0.4, -0.2) is 50.5 Å². The second-order valence-corrected chi connectivity index (χ2v) is 9.90. The van der Waals surface area contributed by atoms with Crippen molar-refractivity contribution in [3.63, 3.8) is 0 Å². The molecular formula is C23H29N3O4S. The Kier molecular flexibility index (Phi) is 6.69. The zero-order chi connectivity index (χ0) is 22.8. The summed E-state index contributed by atoms with van der Waals surface area (Å²) < 4.78 is 26.2. The molecule has 0 aliphatic carbocycles.